The second-order valence-electron chi connectivity index (χ2n) is 7.74. The number of fused-ring (bicyclic) bond motifs is 4. The summed E-state index contributed by atoms with van der Waals surface area (Å²) in [6, 6.07) is 15.8. The molecule has 5 rings (SSSR count). The van der Waals surface area contributed by atoms with E-state index in [0.717, 1.165) is 33.0 Å². The van der Waals surface area contributed by atoms with Crippen molar-refractivity contribution < 1.29 is 9.59 Å². The van der Waals surface area contributed by atoms with Crippen LogP contribution in [0, 0.1) is 5.92 Å². The van der Waals surface area contributed by atoms with E-state index in [4.69, 9.17) is 0 Å². The molecule has 2 aromatic rings. The summed E-state index contributed by atoms with van der Waals surface area (Å²) in [6.45, 7) is 2.60. The summed E-state index contributed by atoms with van der Waals surface area (Å²) >= 11 is 5.28. The van der Waals surface area contributed by atoms with Gasteiger partial charge in [0.1, 0.15) is 5.54 Å². The van der Waals surface area contributed by atoms with Crippen molar-refractivity contribution in [1.29, 1.82) is 0 Å². The van der Waals surface area contributed by atoms with Crippen LogP contribution in [0.4, 0.5) is 11.4 Å². The van der Waals surface area contributed by atoms with Gasteiger partial charge in [0, 0.05) is 45.6 Å². The van der Waals surface area contributed by atoms with Crippen molar-refractivity contribution in [2.45, 2.75) is 24.9 Å². The van der Waals surface area contributed by atoms with Gasteiger partial charge in [-0.05, 0) is 43.7 Å². The van der Waals surface area contributed by atoms with Crippen molar-refractivity contribution in [1.82, 2.24) is 4.90 Å². The molecule has 0 aliphatic carbocycles. The number of nitrogens with zero attached hydrogens (tertiary/aromatic N) is 2. The van der Waals surface area contributed by atoms with Crippen molar-refractivity contribution in [3.05, 3.63) is 58.6 Å². The number of para-hydroxylation sites is 1. The number of halogens is 1. The average molecular weight is 472 g/mol. The maximum absolute atomic E-state index is 13.9. The van der Waals surface area contributed by atoms with Crippen LogP contribution < -0.4 is 10.2 Å². The highest BCUT2D eigenvalue weighted by Gasteiger charge is 2.67. The number of carbonyl (C=O) groups excluding carboxylic acids is 2. The van der Waals surface area contributed by atoms with Crippen molar-refractivity contribution in [2.24, 2.45) is 5.92 Å². The lowest BCUT2D eigenvalue weighted by atomic mass is 9.79. The van der Waals surface area contributed by atoms with Gasteiger partial charge in [0.25, 0.3) is 5.91 Å². The zero-order valence-electron chi connectivity index (χ0n) is 16.1. The van der Waals surface area contributed by atoms with E-state index in [1.165, 1.54) is 0 Å². The van der Waals surface area contributed by atoms with Gasteiger partial charge in [0.2, 0.25) is 5.91 Å². The van der Waals surface area contributed by atoms with Crippen LogP contribution in [0.3, 0.4) is 0 Å². The van der Waals surface area contributed by atoms with Gasteiger partial charge in [-0.15, -0.1) is 11.8 Å². The molecule has 3 aliphatic heterocycles. The molecule has 2 amide bonds. The fourth-order valence-corrected chi connectivity index (χ4v) is 6.73. The highest BCUT2D eigenvalue weighted by molar-refractivity contribution is 9.10. The van der Waals surface area contributed by atoms with Crippen LogP contribution in [0.1, 0.15) is 18.9 Å². The van der Waals surface area contributed by atoms with E-state index >= 15 is 0 Å². The largest absolute Gasteiger partial charge is 0.326 e. The lowest BCUT2D eigenvalue weighted by Crippen LogP contribution is -2.55. The molecule has 7 heteroatoms. The van der Waals surface area contributed by atoms with E-state index in [1.807, 2.05) is 72.1 Å². The van der Waals surface area contributed by atoms with Gasteiger partial charge in [-0.1, -0.05) is 34.1 Å². The Balaban J connectivity index is 1.59. The van der Waals surface area contributed by atoms with Gasteiger partial charge < -0.3 is 10.2 Å². The predicted molar refractivity (Wildman–Crippen MR) is 120 cm³/mol. The lowest BCUT2D eigenvalue weighted by Gasteiger charge is -2.36. The van der Waals surface area contributed by atoms with E-state index in [0.29, 0.717) is 13.0 Å². The quantitative estimate of drug-likeness (QED) is 0.733. The molecule has 150 valence electrons. The minimum absolute atomic E-state index is 0.0437. The van der Waals surface area contributed by atoms with E-state index in [-0.39, 0.29) is 17.9 Å². The third kappa shape index (κ3) is 2.71. The summed E-state index contributed by atoms with van der Waals surface area (Å²) in [5.41, 5.74) is 1.77. The van der Waals surface area contributed by atoms with Crippen LogP contribution in [0.25, 0.3) is 0 Å². The van der Waals surface area contributed by atoms with Gasteiger partial charge in [0.05, 0.1) is 5.92 Å². The fourth-order valence-electron chi connectivity index (χ4n) is 5.16. The smallest absolute Gasteiger partial charge is 0.253 e. The summed E-state index contributed by atoms with van der Waals surface area (Å²) in [5, 5.41) is 3.07. The molecule has 2 aromatic carbocycles. The topological polar surface area (TPSA) is 52.7 Å². The molecular weight excluding hydrogens is 450 g/mol. The van der Waals surface area contributed by atoms with Gasteiger partial charge in [-0.2, -0.15) is 0 Å². The molecular formula is C22H22BrN3O2S. The van der Waals surface area contributed by atoms with Crippen LogP contribution >= 0.6 is 27.7 Å². The third-order valence-electron chi connectivity index (χ3n) is 6.37. The Kier molecular flexibility index (Phi) is 4.72. The minimum atomic E-state index is -0.903. The standard InChI is InChI=1S/C22H22BrN3O2S/c1-2-25-19-6-4-3-5-17(19)22(21(25)28)18(11-16-12-29-13-26(16)22)20(27)24-15-9-7-14(23)8-10-15/h3-10,16,18H,2,11-13H2,1H3,(H,24,27)/t16-,18-,22+/m1/s1. The molecule has 3 aliphatic rings. The molecule has 0 aromatic heterocycles. The molecule has 0 saturated carbocycles. The summed E-state index contributed by atoms with van der Waals surface area (Å²) in [5.74, 6) is 1.30. The van der Waals surface area contributed by atoms with E-state index in [2.05, 4.69) is 26.1 Å². The van der Waals surface area contributed by atoms with Gasteiger partial charge in [0.15, 0.2) is 0 Å². The number of benzene rings is 2. The Morgan fingerprint density at radius 2 is 2.00 bits per heavy atom. The zero-order valence-corrected chi connectivity index (χ0v) is 18.5. The first kappa shape index (κ1) is 19.2. The number of hydrogen-bond acceptors (Lipinski definition) is 4. The Labute approximate surface area is 183 Å². The Hall–Kier alpha value is -1.83. The van der Waals surface area contributed by atoms with Gasteiger partial charge in [-0.25, -0.2) is 0 Å². The highest BCUT2D eigenvalue weighted by Crippen LogP contribution is 2.57. The average Bonchev–Trinajstić information content (AvgIpc) is 3.37. The molecule has 3 atom stereocenters. The first-order chi connectivity index (χ1) is 14.1. The monoisotopic (exact) mass is 471 g/mol. The number of thioether (sulfide) groups is 1. The third-order valence-corrected chi connectivity index (χ3v) is 7.98. The van der Waals surface area contributed by atoms with E-state index in [1.54, 1.807) is 0 Å². The number of amides is 2. The first-order valence-corrected chi connectivity index (χ1v) is 11.8. The second kappa shape index (κ2) is 7.15. The number of likely N-dealkylation sites (N-methyl/N-ethyl adjacent to an activating group) is 1. The molecule has 29 heavy (non-hydrogen) atoms. The normalized spacial score (nSPS) is 28.1. The van der Waals surface area contributed by atoms with Crippen molar-refractivity contribution in [3.8, 4) is 0 Å². The van der Waals surface area contributed by atoms with Crippen molar-refractivity contribution >= 4 is 50.9 Å². The molecule has 2 fully saturated rings. The van der Waals surface area contributed by atoms with E-state index < -0.39 is 11.5 Å². The summed E-state index contributed by atoms with van der Waals surface area (Å²) in [7, 11) is 0. The number of nitrogens with one attached hydrogen (secondary N) is 1. The van der Waals surface area contributed by atoms with Gasteiger partial charge >= 0.3 is 0 Å². The van der Waals surface area contributed by atoms with Gasteiger partial charge in [-0.3, -0.25) is 14.5 Å². The Morgan fingerprint density at radius 1 is 1.24 bits per heavy atom. The molecule has 3 heterocycles. The number of rotatable bonds is 3. The maximum Gasteiger partial charge on any atom is 0.253 e. The fraction of sp³-hybridized carbons (Fsp3) is 0.364. The number of hydrogen-bond donors (Lipinski definition) is 1. The summed E-state index contributed by atoms with van der Waals surface area (Å²) < 4.78 is 0.962. The van der Waals surface area contributed by atoms with Crippen LogP contribution in [0.2, 0.25) is 0 Å². The number of anilines is 2. The SMILES string of the molecule is CCN1C(=O)[C@]2(c3ccccc31)[C@@H](C(=O)Nc1ccc(Br)cc1)C[C@@H]1CSCN12. The number of carbonyl (C=O) groups is 2. The van der Waals surface area contributed by atoms with Crippen LogP contribution in [0.15, 0.2) is 53.0 Å². The Morgan fingerprint density at radius 3 is 2.76 bits per heavy atom. The maximum atomic E-state index is 13.9. The van der Waals surface area contributed by atoms with Crippen LogP contribution in [-0.4, -0.2) is 40.9 Å². The molecule has 5 nitrogen and oxygen atoms in total. The molecule has 0 unspecified atom stereocenters. The predicted octanol–water partition coefficient (Wildman–Crippen LogP) is 4.04. The molecule has 0 radical (unpaired) electrons. The zero-order chi connectivity index (χ0) is 20.2. The van der Waals surface area contributed by atoms with E-state index in [9.17, 15) is 9.59 Å². The molecule has 1 N–H and O–H groups in total. The highest BCUT2D eigenvalue weighted by atomic mass is 79.9. The minimum Gasteiger partial charge on any atom is -0.326 e. The van der Waals surface area contributed by atoms with Crippen LogP contribution in [-0.2, 0) is 15.1 Å². The molecule has 0 bridgehead atoms. The summed E-state index contributed by atoms with van der Waals surface area (Å²) in [6.07, 6.45) is 0.701. The second-order valence-corrected chi connectivity index (χ2v) is 9.66. The van der Waals surface area contributed by atoms with Crippen LogP contribution in [0.5, 0.6) is 0 Å². The van der Waals surface area contributed by atoms with Crippen molar-refractivity contribution in [3.63, 3.8) is 0 Å². The molecule has 1 spiro atoms. The molecule has 2 saturated heterocycles. The van der Waals surface area contributed by atoms with Crippen molar-refractivity contribution in [2.75, 3.05) is 28.4 Å². The lowest BCUT2D eigenvalue weighted by molar-refractivity contribution is -0.136. The first-order valence-electron chi connectivity index (χ1n) is 9.89. The summed E-state index contributed by atoms with van der Waals surface area (Å²) in [4.78, 5) is 31.5. The Bertz CT molecular complexity index is 982.